The molecule has 42 heavy (non-hydrogen) atoms. The number of hydrogen-bond acceptors (Lipinski definition) is 5. The van der Waals surface area contributed by atoms with Gasteiger partial charge in [0, 0.05) is 25.1 Å². The summed E-state index contributed by atoms with van der Waals surface area (Å²) in [7, 11) is 0. The van der Waals surface area contributed by atoms with Crippen LogP contribution in [-0.4, -0.2) is 74.6 Å². The maximum Gasteiger partial charge on any atom is 0.332 e. The molecule has 0 radical (unpaired) electrons. The quantitative estimate of drug-likeness (QED) is 0.405. The van der Waals surface area contributed by atoms with Crippen LogP contribution in [0.25, 0.3) is 0 Å². The number of amides is 4. The number of nitrogens with one attached hydrogen (secondary N) is 1. The van der Waals surface area contributed by atoms with Crippen molar-refractivity contribution in [2.75, 3.05) is 19.6 Å². The lowest BCUT2D eigenvalue weighted by atomic mass is 9.99. The van der Waals surface area contributed by atoms with Gasteiger partial charge in [-0.15, -0.1) is 0 Å². The summed E-state index contributed by atoms with van der Waals surface area (Å²) in [5.74, 6) is -2.26. The zero-order chi connectivity index (χ0) is 29.8. The van der Waals surface area contributed by atoms with Gasteiger partial charge in [0.15, 0.2) is 0 Å². The third-order valence-corrected chi connectivity index (χ3v) is 7.61. The van der Waals surface area contributed by atoms with Gasteiger partial charge in [-0.1, -0.05) is 55.5 Å². The molecule has 0 unspecified atom stereocenters. The average molecular weight is 578 g/mol. The van der Waals surface area contributed by atoms with E-state index in [2.05, 4.69) is 5.32 Å². The van der Waals surface area contributed by atoms with Crippen LogP contribution >= 0.6 is 0 Å². The Morgan fingerprint density at radius 1 is 0.976 bits per heavy atom. The Bertz CT molecular complexity index is 1420. The number of benzene rings is 3. The molecule has 9 nitrogen and oxygen atoms in total. The molecular formula is C31H33F2N5O4. The van der Waals surface area contributed by atoms with Gasteiger partial charge in [-0.2, -0.15) is 5.01 Å². The van der Waals surface area contributed by atoms with Crippen LogP contribution in [0.1, 0.15) is 30.0 Å². The Morgan fingerprint density at radius 3 is 2.33 bits per heavy atom. The molecule has 3 aromatic rings. The summed E-state index contributed by atoms with van der Waals surface area (Å²) in [6.07, 6.45) is -0.00326. The number of nitrogens with zero attached hydrogens (tertiary/aromatic N) is 4. The zero-order valence-electron chi connectivity index (χ0n) is 23.2. The molecule has 2 atom stereocenters. The van der Waals surface area contributed by atoms with Crippen LogP contribution in [0.2, 0.25) is 0 Å². The molecule has 0 spiro atoms. The van der Waals surface area contributed by atoms with Crippen molar-refractivity contribution in [2.45, 2.75) is 45.1 Å². The summed E-state index contributed by atoms with van der Waals surface area (Å²) in [5.41, 5.74) is 1.36. The van der Waals surface area contributed by atoms with E-state index < -0.39 is 35.8 Å². The van der Waals surface area contributed by atoms with Crippen LogP contribution < -0.4 is 5.32 Å². The predicted molar refractivity (Wildman–Crippen MR) is 150 cm³/mol. The van der Waals surface area contributed by atoms with Crippen molar-refractivity contribution in [3.63, 3.8) is 0 Å². The van der Waals surface area contributed by atoms with Crippen molar-refractivity contribution in [3.8, 4) is 5.75 Å². The minimum Gasteiger partial charge on any atom is -0.508 e. The highest BCUT2D eigenvalue weighted by Crippen LogP contribution is 2.31. The Morgan fingerprint density at radius 2 is 1.67 bits per heavy atom. The van der Waals surface area contributed by atoms with E-state index in [0.717, 1.165) is 17.7 Å². The fraction of sp³-hybridized carbons (Fsp3) is 0.323. The number of carbonyl (C=O) groups is 3. The highest BCUT2D eigenvalue weighted by molar-refractivity contribution is 5.91. The molecule has 0 aromatic heterocycles. The smallest absolute Gasteiger partial charge is 0.332 e. The monoisotopic (exact) mass is 577 g/mol. The predicted octanol–water partition coefficient (Wildman–Crippen LogP) is 3.63. The molecule has 220 valence electrons. The van der Waals surface area contributed by atoms with Gasteiger partial charge >= 0.3 is 6.03 Å². The highest BCUT2D eigenvalue weighted by Gasteiger charge is 2.52. The summed E-state index contributed by atoms with van der Waals surface area (Å²) in [6, 6.07) is 17.9. The van der Waals surface area contributed by atoms with Gasteiger partial charge < -0.3 is 20.2 Å². The maximum absolute atomic E-state index is 14.6. The number of halogens is 2. The van der Waals surface area contributed by atoms with Crippen LogP contribution in [0.4, 0.5) is 13.6 Å². The van der Waals surface area contributed by atoms with Crippen LogP contribution in [0.3, 0.4) is 0 Å². The molecule has 0 bridgehead atoms. The van der Waals surface area contributed by atoms with Crippen LogP contribution in [0.15, 0.2) is 72.8 Å². The normalized spacial score (nSPS) is 18.7. The molecule has 2 aliphatic rings. The van der Waals surface area contributed by atoms with Crippen LogP contribution in [0, 0.1) is 11.6 Å². The van der Waals surface area contributed by atoms with Gasteiger partial charge in [-0.25, -0.2) is 13.6 Å². The van der Waals surface area contributed by atoms with E-state index in [-0.39, 0.29) is 49.8 Å². The molecule has 2 N–H and O–H groups in total. The third kappa shape index (κ3) is 6.06. The van der Waals surface area contributed by atoms with Crippen LogP contribution in [0.5, 0.6) is 5.75 Å². The Kier molecular flexibility index (Phi) is 8.67. The number of carbonyl (C=O) groups excluding carboxylic acids is 3. The number of rotatable bonds is 9. The largest absolute Gasteiger partial charge is 0.508 e. The number of hydrogen-bond donors (Lipinski definition) is 2. The van der Waals surface area contributed by atoms with Crippen molar-refractivity contribution in [3.05, 3.63) is 101 Å². The first-order chi connectivity index (χ1) is 20.3. The second kappa shape index (κ2) is 12.6. The van der Waals surface area contributed by atoms with Crippen molar-refractivity contribution >= 4 is 17.8 Å². The first-order valence-corrected chi connectivity index (χ1v) is 13.9. The van der Waals surface area contributed by atoms with Crippen molar-refractivity contribution in [1.29, 1.82) is 0 Å². The number of urea groups is 1. The summed E-state index contributed by atoms with van der Waals surface area (Å²) in [5, 5.41) is 15.8. The lowest BCUT2D eigenvalue weighted by Gasteiger charge is -2.46. The molecule has 2 heterocycles. The van der Waals surface area contributed by atoms with Crippen molar-refractivity contribution in [1.82, 2.24) is 25.1 Å². The molecule has 5 rings (SSSR count). The van der Waals surface area contributed by atoms with Gasteiger partial charge in [0.1, 0.15) is 29.6 Å². The summed E-state index contributed by atoms with van der Waals surface area (Å²) < 4.78 is 29.3. The molecule has 2 fully saturated rings. The molecule has 3 aromatic carbocycles. The van der Waals surface area contributed by atoms with Crippen LogP contribution in [-0.2, 0) is 29.1 Å². The summed E-state index contributed by atoms with van der Waals surface area (Å²) >= 11 is 0. The molecule has 0 aliphatic carbocycles. The average Bonchev–Trinajstić information content (AvgIpc) is 3.31. The fourth-order valence-electron chi connectivity index (χ4n) is 5.54. The second-order valence-electron chi connectivity index (χ2n) is 10.5. The minimum atomic E-state index is -0.975. The first-order valence-electron chi connectivity index (χ1n) is 13.9. The van der Waals surface area contributed by atoms with E-state index in [9.17, 15) is 28.3 Å². The molecule has 2 saturated heterocycles. The zero-order valence-corrected chi connectivity index (χ0v) is 23.2. The Labute approximate surface area is 242 Å². The van der Waals surface area contributed by atoms with E-state index in [4.69, 9.17) is 0 Å². The number of piperazine rings is 1. The lowest BCUT2D eigenvalue weighted by Crippen LogP contribution is -2.66. The number of phenolic OH excluding ortho intramolecular Hbond substituents is 1. The van der Waals surface area contributed by atoms with E-state index >= 15 is 0 Å². The third-order valence-electron chi connectivity index (χ3n) is 7.61. The van der Waals surface area contributed by atoms with E-state index in [0.29, 0.717) is 18.5 Å². The Hall–Kier alpha value is -4.51. The topological polar surface area (TPSA) is 96.4 Å². The molecule has 4 amide bonds. The second-order valence-corrected chi connectivity index (χ2v) is 10.5. The lowest BCUT2D eigenvalue weighted by molar-refractivity contribution is -0.157. The van der Waals surface area contributed by atoms with E-state index in [1.807, 2.05) is 37.3 Å². The SMILES string of the molecule is CCCN(C(=O)NCc1ccccc1)N1CC(=O)N2[C@@H](Cc3ccc(O)cc3)C(=O)N(Cc3c(F)cccc3F)C[C@@H]21. The number of aromatic hydroxyl groups is 1. The van der Waals surface area contributed by atoms with Gasteiger partial charge in [0.25, 0.3) is 0 Å². The summed E-state index contributed by atoms with van der Waals surface area (Å²) in [4.78, 5) is 43.6. The maximum atomic E-state index is 14.6. The van der Waals surface area contributed by atoms with Crippen molar-refractivity contribution in [2.24, 2.45) is 0 Å². The highest BCUT2D eigenvalue weighted by atomic mass is 19.1. The molecule has 0 saturated carbocycles. The number of hydrazine groups is 1. The van der Waals surface area contributed by atoms with Gasteiger partial charge in [0.2, 0.25) is 11.8 Å². The van der Waals surface area contributed by atoms with E-state index in [1.165, 1.54) is 33.0 Å². The standard InChI is InChI=1S/C31H33F2N5O4/c1-2-15-36(31(42)34-17-22-7-4-3-5-8-22)37-20-29(40)38-27(16-21-11-13-23(39)14-12-21)30(41)35(19-28(37)38)18-24-25(32)9-6-10-26(24)33/h3-14,27-28,39H,2,15-20H2,1H3,(H,34,42)/t27-,28+/m0/s1. The van der Waals surface area contributed by atoms with E-state index in [1.54, 1.807) is 17.1 Å². The fourth-order valence-corrected chi connectivity index (χ4v) is 5.54. The van der Waals surface area contributed by atoms with Gasteiger partial charge in [-0.05, 0) is 41.8 Å². The number of phenols is 1. The Balaban J connectivity index is 1.45. The molecule has 11 heteroatoms. The van der Waals surface area contributed by atoms with Crippen molar-refractivity contribution < 1.29 is 28.3 Å². The summed E-state index contributed by atoms with van der Waals surface area (Å²) in [6.45, 7) is 2.01. The molecule has 2 aliphatic heterocycles. The number of fused-ring (bicyclic) bond motifs is 1. The van der Waals surface area contributed by atoms with Gasteiger partial charge in [0.05, 0.1) is 19.6 Å². The van der Waals surface area contributed by atoms with Gasteiger partial charge in [-0.3, -0.25) is 14.6 Å². The minimum absolute atomic E-state index is 0.0450. The first kappa shape index (κ1) is 29.0. The molecular weight excluding hydrogens is 544 g/mol.